The van der Waals surface area contributed by atoms with Crippen molar-refractivity contribution in [2.24, 2.45) is 0 Å². The molecule has 0 aliphatic carbocycles. The second-order valence-corrected chi connectivity index (χ2v) is 4.02. The summed E-state index contributed by atoms with van der Waals surface area (Å²) in [5, 5.41) is 28.2. The molecule has 1 rings (SSSR count). The Morgan fingerprint density at radius 3 is 2.38 bits per heavy atom. The van der Waals surface area contributed by atoms with Crippen LogP contribution in [0.4, 0.5) is 5.69 Å². The molecule has 0 radical (unpaired) electrons. The van der Waals surface area contributed by atoms with Crippen LogP contribution in [0.25, 0.3) is 0 Å². The molecule has 0 aliphatic heterocycles. The molecular weight excluding hydrogens is 206 g/mol. The molecule has 0 saturated carbocycles. The Morgan fingerprint density at radius 2 is 1.81 bits per heavy atom. The Hall–Kier alpha value is -1.10. The topological polar surface area (TPSA) is 86.7 Å². The number of hydrogen-bond acceptors (Lipinski definition) is 4. The van der Waals surface area contributed by atoms with E-state index in [1.165, 1.54) is 0 Å². The summed E-state index contributed by atoms with van der Waals surface area (Å²) in [6.07, 6.45) is -1.78. The summed E-state index contributed by atoms with van der Waals surface area (Å²) < 4.78 is 0. The molecule has 0 aromatic heterocycles. The molecule has 2 unspecified atom stereocenters. The smallest absolute Gasteiger partial charge is 0.105 e. The second kappa shape index (κ2) is 5.30. The lowest BCUT2D eigenvalue weighted by atomic mass is 9.94. The van der Waals surface area contributed by atoms with E-state index in [0.29, 0.717) is 11.3 Å². The van der Waals surface area contributed by atoms with E-state index in [-0.39, 0.29) is 13.0 Å². The zero-order chi connectivity index (χ0) is 12.3. The molecule has 0 heterocycles. The highest BCUT2D eigenvalue weighted by Gasteiger charge is 2.20. The van der Waals surface area contributed by atoms with Gasteiger partial charge in [0.05, 0.1) is 6.10 Å². The molecule has 0 amide bonds. The minimum Gasteiger partial charge on any atom is -0.399 e. The maximum Gasteiger partial charge on any atom is 0.105 e. The Labute approximate surface area is 95.3 Å². The van der Waals surface area contributed by atoms with Gasteiger partial charge in [-0.15, -0.1) is 0 Å². The first-order valence-electron chi connectivity index (χ1n) is 5.31. The molecule has 0 spiro atoms. The number of aliphatic hydroxyl groups is 3. The average Bonchev–Trinajstić information content (AvgIpc) is 2.26. The standard InChI is InChI=1S/C12H19NO3/c1-7-8(2)10(13)4-3-9(7)12(16)11(15)5-6-14/h3-4,11-12,14-16H,5-6,13H2,1-2H3. The van der Waals surface area contributed by atoms with Gasteiger partial charge in [0, 0.05) is 12.3 Å². The summed E-state index contributed by atoms with van der Waals surface area (Å²) in [7, 11) is 0. The van der Waals surface area contributed by atoms with Crippen LogP contribution in [0.15, 0.2) is 12.1 Å². The van der Waals surface area contributed by atoms with Gasteiger partial charge in [-0.3, -0.25) is 0 Å². The highest BCUT2D eigenvalue weighted by atomic mass is 16.3. The lowest BCUT2D eigenvalue weighted by Gasteiger charge is -2.20. The van der Waals surface area contributed by atoms with Gasteiger partial charge < -0.3 is 21.1 Å². The Balaban J connectivity index is 3.00. The molecule has 4 nitrogen and oxygen atoms in total. The zero-order valence-corrected chi connectivity index (χ0v) is 9.64. The van der Waals surface area contributed by atoms with E-state index < -0.39 is 12.2 Å². The second-order valence-electron chi connectivity index (χ2n) is 4.02. The third-order valence-corrected chi connectivity index (χ3v) is 2.98. The monoisotopic (exact) mass is 225 g/mol. The highest BCUT2D eigenvalue weighted by Crippen LogP contribution is 2.27. The molecule has 16 heavy (non-hydrogen) atoms. The van der Waals surface area contributed by atoms with Crippen molar-refractivity contribution in [2.75, 3.05) is 12.3 Å². The van der Waals surface area contributed by atoms with E-state index in [2.05, 4.69) is 0 Å². The number of aliphatic hydroxyl groups excluding tert-OH is 3. The number of rotatable bonds is 4. The summed E-state index contributed by atoms with van der Waals surface area (Å²) in [5.74, 6) is 0. The van der Waals surface area contributed by atoms with Crippen LogP contribution in [0, 0.1) is 13.8 Å². The molecule has 0 aliphatic rings. The van der Waals surface area contributed by atoms with Crippen LogP contribution in [-0.2, 0) is 0 Å². The normalized spacial score (nSPS) is 14.8. The van der Waals surface area contributed by atoms with E-state index in [9.17, 15) is 10.2 Å². The van der Waals surface area contributed by atoms with E-state index in [1.54, 1.807) is 12.1 Å². The molecule has 1 aromatic carbocycles. The third-order valence-electron chi connectivity index (χ3n) is 2.98. The number of hydrogen-bond donors (Lipinski definition) is 4. The first kappa shape index (κ1) is 13.0. The Kier molecular flexibility index (Phi) is 4.29. The van der Waals surface area contributed by atoms with E-state index >= 15 is 0 Å². The van der Waals surface area contributed by atoms with Crippen molar-refractivity contribution >= 4 is 5.69 Å². The SMILES string of the molecule is Cc1c(N)ccc(C(O)C(O)CCO)c1C. The molecule has 4 heteroatoms. The lowest BCUT2D eigenvalue weighted by Crippen LogP contribution is -2.20. The van der Waals surface area contributed by atoms with Crippen LogP contribution in [0.2, 0.25) is 0 Å². The number of anilines is 1. The van der Waals surface area contributed by atoms with Crippen molar-refractivity contribution in [3.05, 3.63) is 28.8 Å². The number of nitrogens with two attached hydrogens (primary N) is 1. The van der Waals surface area contributed by atoms with Crippen LogP contribution in [0.1, 0.15) is 29.2 Å². The van der Waals surface area contributed by atoms with Crippen LogP contribution >= 0.6 is 0 Å². The minimum absolute atomic E-state index is 0.148. The average molecular weight is 225 g/mol. The fourth-order valence-corrected chi connectivity index (χ4v) is 1.68. The van der Waals surface area contributed by atoms with Crippen molar-refractivity contribution in [2.45, 2.75) is 32.5 Å². The predicted octanol–water partition coefficient (Wildman–Crippen LogP) is 0.662. The first-order chi connectivity index (χ1) is 7.49. The van der Waals surface area contributed by atoms with Crippen molar-refractivity contribution < 1.29 is 15.3 Å². The van der Waals surface area contributed by atoms with Gasteiger partial charge in [-0.1, -0.05) is 6.07 Å². The summed E-state index contributed by atoms with van der Waals surface area (Å²) in [6, 6.07) is 3.43. The fraction of sp³-hybridized carbons (Fsp3) is 0.500. The molecule has 5 N–H and O–H groups in total. The van der Waals surface area contributed by atoms with Gasteiger partial charge in [0.15, 0.2) is 0 Å². The van der Waals surface area contributed by atoms with E-state index in [0.717, 1.165) is 11.1 Å². The molecule has 2 atom stereocenters. The van der Waals surface area contributed by atoms with Crippen LogP contribution in [-0.4, -0.2) is 28.0 Å². The highest BCUT2D eigenvalue weighted by molar-refractivity contribution is 5.53. The van der Waals surface area contributed by atoms with Crippen LogP contribution < -0.4 is 5.73 Å². The summed E-state index contributed by atoms with van der Waals surface area (Å²) >= 11 is 0. The van der Waals surface area contributed by atoms with E-state index in [4.69, 9.17) is 10.8 Å². The summed E-state index contributed by atoms with van der Waals surface area (Å²) in [4.78, 5) is 0. The van der Waals surface area contributed by atoms with Crippen molar-refractivity contribution in [3.63, 3.8) is 0 Å². The van der Waals surface area contributed by atoms with Gasteiger partial charge >= 0.3 is 0 Å². The molecule has 0 fully saturated rings. The fourth-order valence-electron chi connectivity index (χ4n) is 1.68. The van der Waals surface area contributed by atoms with Gasteiger partial charge in [-0.05, 0) is 43.0 Å². The quantitative estimate of drug-likeness (QED) is 0.567. The Morgan fingerprint density at radius 1 is 1.19 bits per heavy atom. The number of nitrogen functional groups attached to an aromatic ring is 1. The lowest BCUT2D eigenvalue weighted by molar-refractivity contribution is 0.00386. The molecular formula is C12H19NO3. The first-order valence-corrected chi connectivity index (χ1v) is 5.31. The number of benzene rings is 1. The maximum atomic E-state index is 9.91. The van der Waals surface area contributed by atoms with E-state index in [1.807, 2.05) is 13.8 Å². The molecule has 90 valence electrons. The van der Waals surface area contributed by atoms with Gasteiger partial charge in [0.25, 0.3) is 0 Å². The van der Waals surface area contributed by atoms with Crippen LogP contribution in [0.3, 0.4) is 0 Å². The third kappa shape index (κ3) is 2.52. The van der Waals surface area contributed by atoms with Gasteiger partial charge in [0.2, 0.25) is 0 Å². The molecule has 0 saturated heterocycles. The van der Waals surface area contributed by atoms with Gasteiger partial charge in [-0.2, -0.15) is 0 Å². The molecule has 0 bridgehead atoms. The van der Waals surface area contributed by atoms with Gasteiger partial charge in [0.1, 0.15) is 6.10 Å². The largest absolute Gasteiger partial charge is 0.399 e. The van der Waals surface area contributed by atoms with Crippen molar-refractivity contribution in [1.29, 1.82) is 0 Å². The van der Waals surface area contributed by atoms with Crippen molar-refractivity contribution in [3.8, 4) is 0 Å². The van der Waals surface area contributed by atoms with Crippen LogP contribution in [0.5, 0.6) is 0 Å². The maximum absolute atomic E-state index is 9.91. The zero-order valence-electron chi connectivity index (χ0n) is 9.64. The minimum atomic E-state index is -0.980. The van der Waals surface area contributed by atoms with Crippen molar-refractivity contribution in [1.82, 2.24) is 0 Å². The van der Waals surface area contributed by atoms with Gasteiger partial charge in [-0.25, -0.2) is 0 Å². The predicted molar refractivity (Wildman–Crippen MR) is 63.0 cm³/mol. The Bertz CT molecular complexity index is 366. The molecule has 1 aromatic rings. The summed E-state index contributed by atoms with van der Waals surface area (Å²) in [5.41, 5.74) is 8.86. The summed E-state index contributed by atoms with van der Waals surface area (Å²) in [6.45, 7) is 3.58.